The van der Waals surface area contributed by atoms with E-state index in [-0.39, 0.29) is 0 Å². The molecule has 0 saturated carbocycles. The third-order valence-electron chi connectivity index (χ3n) is 3.13. The molecule has 0 amide bonds. The van der Waals surface area contributed by atoms with Gasteiger partial charge in [-0.25, -0.2) is 9.97 Å². The number of nitrogens with zero attached hydrogens (tertiary/aromatic N) is 3. The van der Waals surface area contributed by atoms with Crippen LogP contribution in [0.3, 0.4) is 0 Å². The Morgan fingerprint density at radius 3 is 2.90 bits per heavy atom. The van der Waals surface area contributed by atoms with Gasteiger partial charge < -0.3 is 15.1 Å². The Morgan fingerprint density at radius 2 is 2.10 bits per heavy atom. The predicted molar refractivity (Wildman–Crippen MR) is 79.6 cm³/mol. The van der Waals surface area contributed by atoms with Crippen molar-refractivity contribution in [3.05, 3.63) is 42.6 Å². The van der Waals surface area contributed by atoms with E-state index in [1.807, 2.05) is 48.3 Å². The van der Waals surface area contributed by atoms with Gasteiger partial charge in [0.1, 0.15) is 11.3 Å². The molecule has 0 aliphatic rings. The van der Waals surface area contributed by atoms with Gasteiger partial charge in [-0.2, -0.15) is 0 Å². The van der Waals surface area contributed by atoms with Crippen molar-refractivity contribution < 1.29 is 4.42 Å². The summed E-state index contributed by atoms with van der Waals surface area (Å²) in [7, 11) is 1.92. The van der Waals surface area contributed by atoms with Gasteiger partial charge in [0.15, 0.2) is 5.76 Å². The van der Waals surface area contributed by atoms with Crippen LogP contribution in [0.25, 0.3) is 22.4 Å². The average Bonchev–Trinajstić information content (AvgIpc) is 2.91. The fourth-order valence-electron chi connectivity index (χ4n) is 2.07. The van der Waals surface area contributed by atoms with Crippen LogP contribution < -0.4 is 10.6 Å². The van der Waals surface area contributed by atoms with Gasteiger partial charge in [0.05, 0.1) is 0 Å². The molecule has 5 heteroatoms. The molecular formula is C15H16N4O. The Morgan fingerprint density at radius 1 is 1.25 bits per heavy atom. The molecular weight excluding hydrogens is 252 g/mol. The highest BCUT2D eigenvalue weighted by atomic mass is 16.3. The highest BCUT2D eigenvalue weighted by Crippen LogP contribution is 2.26. The van der Waals surface area contributed by atoms with Crippen LogP contribution in [0.1, 0.15) is 0 Å². The second-order valence-electron chi connectivity index (χ2n) is 4.60. The smallest absolute Gasteiger partial charge is 0.225 e. The number of nitrogens with two attached hydrogens (primary N) is 1. The molecule has 0 aliphatic carbocycles. The SMILES string of the molecule is CN(CCN)c1nccc(-c2cc3ccccc3o2)n1. The molecule has 3 aromatic rings. The maximum Gasteiger partial charge on any atom is 0.225 e. The van der Waals surface area contributed by atoms with Crippen molar-refractivity contribution in [2.75, 3.05) is 25.0 Å². The van der Waals surface area contributed by atoms with E-state index in [9.17, 15) is 0 Å². The van der Waals surface area contributed by atoms with Gasteiger partial charge >= 0.3 is 0 Å². The standard InChI is InChI=1S/C15H16N4O/c1-19(9-7-16)15-17-8-6-12(18-15)14-10-11-4-2-3-5-13(11)20-14/h2-6,8,10H,7,9,16H2,1H3. The first-order chi connectivity index (χ1) is 9.78. The topological polar surface area (TPSA) is 68.2 Å². The van der Waals surface area contributed by atoms with Gasteiger partial charge in [-0.1, -0.05) is 18.2 Å². The molecule has 20 heavy (non-hydrogen) atoms. The van der Waals surface area contributed by atoms with E-state index in [0.29, 0.717) is 19.0 Å². The van der Waals surface area contributed by atoms with Crippen LogP contribution in [0.4, 0.5) is 5.95 Å². The second kappa shape index (κ2) is 5.30. The Kier molecular flexibility index (Phi) is 3.35. The highest BCUT2D eigenvalue weighted by Gasteiger charge is 2.10. The van der Waals surface area contributed by atoms with E-state index in [1.165, 1.54) is 0 Å². The summed E-state index contributed by atoms with van der Waals surface area (Å²) in [5, 5.41) is 1.07. The molecule has 2 heterocycles. The van der Waals surface area contributed by atoms with Gasteiger partial charge in [-0.05, 0) is 18.2 Å². The number of benzene rings is 1. The van der Waals surface area contributed by atoms with E-state index in [0.717, 1.165) is 22.4 Å². The number of aromatic nitrogens is 2. The number of anilines is 1. The average molecular weight is 268 g/mol. The minimum absolute atomic E-state index is 0.564. The lowest BCUT2D eigenvalue weighted by Crippen LogP contribution is -2.26. The Bertz CT molecular complexity index is 689. The third-order valence-corrected chi connectivity index (χ3v) is 3.13. The predicted octanol–water partition coefficient (Wildman–Crippen LogP) is 2.28. The minimum atomic E-state index is 0.564. The largest absolute Gasteiger partial charge is 0.454 e. The van der Waals surface area contributed by atoms with E-state index in [4.69, 9.17) is 10.2 Å². The molecule has 3 rings (SSSR count). The molecule has 0 saturated heterocycles. The van der Waals surface area contributed by atoms with Gasteiger partial charge in [0.2, 0.25) is 5.95 Å². The van der Waals surface area contributed by atoms with Crippen LogP contribution in [0.15, 0.2) is 47.0 Å². The first kappa shape index (κ1) is 12.6. The summed E-state index contributed by atoms with van der Waals surface area (Å²) in [6.07, 6.45) is 1.73. The number of fused-ring (bicyclic) bond motifs is 1. The third kappa shape index (κ3) is 2.35. The molecule has 0 atom stereocenters. The van der Waals surface area contributed by atoms with E-state index < -0.39 is 0 Å². The number of para-hydroxylation sites is 1. The number of hydrogen-bond donors (Lipinski definition) is 1. The van der Waals surface area contributed by atoms with Crippen molar-refractivity contribution in [3.8, 4) is 11.5 Å². The summed E-state index contributed by atoms with van der Waals surface area (Å²) in [6, 6.07) is 11.7. The van der Waals surface area contributed by atoms with Gasteiger partial charge in [0.25, 0.3) is 0 Å². The number of furan rings is 1. The Balaban J connectivity index is 1.99. The van der Waals surface area contributed by atoms with Gasteiger partial charge in [0, 0.05) is 31.7 Å². The monoisotopic (exact) mass is 268 g/mol. The lowest BCUT2D eigenvalue weighted by molar-refractivity contribution is 0.628. The van der Waals surface area contributed by atoms with Crippen LogP contribution in [-0.4, -0.2) is 30.1 Å². The zero-order chi connectivity index (χ0) is 13.9. The zero-order valence-corrected chi connectivity index (χ0v) is 11.3. The molecule has 0 unspecified atom stereocenters. The van der Waals surface area contributed by atoms with Crippen LogP contribution in [0.2, 0.25) is 0 Å². The zero-order valence-electron chi connectivity index (χ0n) is 11.3. The van der Waals surface area contributed by atoms with Gasteiger partial charge in [-0.3, -0.25) is 0 Å². The summed E-state index contributed by atoms with van der Waals surface area (Å²) in [5.41, 5.74) is 7.18. The Hall–Kier alpha value is -2.40. The first-order valence-corrected chi connectivity index (χ1v) is 6.51. The van der Waals surface area contributed by atoms with Crippen molar-refractivity contribution in [2.45, 2.75) is 0 Å². The molecule has 0 aliphatic heterocycles. The van der Waals surface area contributed by atoms with E-state index in [1.54, 1.807) is 6.20 Å². The van der Waals surface area contributed by atoms with E-state index >= 15 is 0 Å². The summed E-state index contributed by atoms with van der Waals surface area (Å²) < 4.78 is 5.82. The lowest BCUT2D eigenvalue weighted by Gasteiger charge is -2.15. The molecule has 0 spiro atoms. The number of hydrogen-bond acceptors (Lipinski definition) is 5. The lowest BCUT2D eigenvalue weighted by atomic mass is 10.2. The quantitative estimate of drug-likeness (QED) is 0.786. The number of rotatable bonds is 4. The van der Waals surface area contributed by atoms with E-state index in [2.05, 4.69) is 9.97 Å². The molecule has 0 fully saturated rings. The molecule has 0 bridgehead atoms. The summed E-state index contributed by atoms with van der Waals surface area (Å²) in [6.45, 7) is 1.28. The maximum absolute atomic E-state index is 5.82. The fraction of sp³-hybridized carbons (Fsp3) is 0.200. The van der Waals surface area contributed by atoms with Crippen LogP contribution >= 0.6 is 0 Å². The fourth-order valence-corrected chi connectivity index (χ4v) is 2.07. The Labute approximate surface area is 117 Å². The summed E-state index contributed by atoms with van der Waals surface area (Å²) in [5.74, 6) is 1.39. The number of likely N-dealkylation sites (N-methyl/N-ethyl adjacent to an activating group) is 1. The first-order valence-electron chi connectivity index (χ1n) is 6.51. The van der Waals surface area contributed by atoms with Crippen molar-refractivity contribution >= 4 is 16.9 Å². The normalized spacial score (nSPS) is 10.9. The van der Waals surface area contributed by atoms with Crippen molar-refractivity contribution in [2.24, 2.45) is 5.73 Å². The van der Waals surface area contributed by atoms with Crippen LogP contribution in [0, 0.1) is 0 Å². The molecule has 0 radical (unpaired) electrons. The van der Waals surface area contributed by atoms with Gasteiger partial charge in [-0.15, -0.1) is 0 Å². The molecule has 2 N–H and O–H groups in total. The summed E-state index contributed by atoms with van der Waals surface area (Å²) in [4.78, 5) is 10.7. The molecule has 5 nitrogen and oxygen atoms in total. The van der Waals surface area contributed by atoms with Crippen LogP contribution in [0.5, 0.6) is 0 Å². The van der Waals surface area contributed by atoms with Crippen molar-refractivity contribution in [1.82, 2.24) is 9.97 Å². The highest BCUT2D eigenvalue weighted by molar-refractivity contribution is 5.82. The van der Waals surface area contributed by atoms with Crippen LogP contribution in [-0.2, 0) is 0 Å². The molecule has 1 aromatic carbocycles. The maximum atomic E-state index is 5.82. The molecule has 102 valence electrons. The summed E-state index contributed by atoms with van der Waals surface area (Å²) >= 11 is 0. The van der Waals surface area contributed by atoms with Crippen molar-refractivity contribution in [1.29, 1.82) is 0 Å². The van der Waals surface area contributed by atoms with Crippen molar-refractivity contribution in [3.63, 3.8) is 0 Å². The second-order valence-corrected chi connectivity index (χ2v) is 4.60. The molecule has 2 aromatic heterocycles. The minimum Gasteiger partial charge on any atom is -0.454 e.